The average molecular weight is 341 g/mol. The summed E-state index contributed by atoms with van der Waals surface area (Å²) < 4.78 is 0. The molecular weight excluding hydrogens is 326 g/mol. The highest BCUT2D eigenvalue weighted by Gasteiger charge is 2.04. The summed E-state index contributed by atoms with van der Waals surface area (Å²) in [4.78, 5) is 32.8. The Labute approximate surface area is 142 Å². The van der Waals surface area contributed by atoms with Gasteiger partial charge >= 0.3 is 6.03 Å². The number of carbonyl (C=O) groups is 2. The molecule has 0 fully saturated rings. The van der Waals surface area contributed by atoms with Gasteiger partial charge in [-0.2, -0.15) is 5.10 Å². The molecule has 0 heterocycles. The lowest BCUT2D eigenvalue weighted by Crippen LogP contribution is -2.24. The summed E-state index contributed by atoms with van der Waals surface area (Å²) >= 11 is 0. The third kappa shape index (κ3) is 5.75. The van der Waals surface area contributed by atoms with Gasteiger partial charge in [0.25, 0.3) is 5.69 Å². The van der Waals surface area contributed by atoms with Gasteiger partial charge in [-0.05, 0) is 24.3 Å². The van der Waals surface area contributed by atoms with Crippen molar-refractivity contribution in [2.45, 2.75) is 6.92 Å². The second-order valence-corrected chi connectivity index (χ2v) is 4.93. The number of benzene rings is 2. The lowest BCUT2D eigenvalue weighted by atomic mass is 10.2. The van der Waals surface area contributed by atoms with Gasteiger partial charge in [-0.3, -0.25) is 14.9 Å². The molecule has 2 aromatic rings. The fourth-order valence-corrected chi connectivity index (χ4v) is 1.88. The molecular formula is C16H15N5O4. The van der Waals surface area contributed by atoms with Crippen molar-refractivity contribution in [1.29, 1.82) is 0 Å². The summed E-state index contributed by atoms with van der Waals surface area (Å²) in [5.41, 5.74) is 3.80. The minimum absolute atomic E-state index is 0.0624. The molecule has 0 atom stereocenters. The number of hydrogen-bond donors (Lipinski definition) is 3. The normalized spacial score (nSPS) is 10.3. The number of nitro groups is 1. The van der Waals surface area contributed by atoms with Crippen LogP contribution in [0, 0.1) is 10.1 Å². The topological polar surface area (TPSA) is 126 Å². The molecule has 0 spiro atoms. The van der Waals surface area contributed by atoms with Crippen molar-refractivity contribution in [3.63, 3.8) is 0 Å². The van der Waals surface area contributed by atoms with Crippen molar-refractivity contribution >= 4 is 35.2 Å². The summed E-state index contributed by atoms with van der Waals surface area (Å²) in [5.74, 6) is -0.186. The fraction of sp³-hybridized carbons (Fsp3) is 0.0625. The summed E-state index contributed by atoms with van der Waals surface area (Å²) in [7, 11) is 0. The molecule has 128 valence electrons. The summed E-state index contributed by atoms with van der Waals surface area (Å²) in [6, 6.07) is 11.8. The van der Waals surface area contributed by atoms with Crippen LogP contribution in [0.1, 0.15) is 12.5 Å². The smallest absolute Gasteiger partial charge is 0.326 e. The van der Waals surface area contributed by atoms with E-state index < -0.39 is 11.0 Å². The van der Waals surface area contributed by atoms with Crippen molar-refractivity contribution in [3.05, 3.63) is 64.2 Å². The van der Waals surface area contributed by atoms with Gasteiger partial charge in [0.15, 0.2) is 0 Å². The van der Waals surface area contributed by atoms with Crippen LogP contribution < -0.4 is 16.1 Å². The molecule has 0 unspecified atom stereocenters. The quantitative estimate of drug-likeness (QED) is 0.439. The van der Waals surface area contributed by atoms with Crippen molar-refractivity contribution < 1.29 is 14.5 Å². The molecule has 9 heteroatoms. The van der Waals surface area contributed by atoms with Gasteiger partial charge in [0, 0.05) is 36.0 Å². The SMILES string of the molecule is CC(=O)Nc1ccc(NC(=O)N/N=C/c2cccc([N+](=O)[O-])c2)cc1. The molecule has 0 aliphatic heterocycles. The minimum atomic E-state index is -0.575. The van der Waals surface area contributed by atoms with E-state index in [1.807, 2.05) is 0 Å². The van der Waals surface area contributed by atoms with E-state index in [0.29, 0.717) is 16.9 Å². The fourth-order valence-electron chi connectivity index (χ4n) is 1.88. The standard InChI is InChI=1S/C16H15N5O4/c1-11(22)18-13-5-7-14(8-6-13)19-16(23)20-17-10-12-3-2-4-15(9-12)21(24)25/h2-10H,1H3,(H,18,22)(H2,19,20,23)/b17-10+. The maximum atomic E-state index is 11.7. The van der Waals surface area contributed by atoms with E-state index in [1.165, 1.54) is 31.3 Å². The van der Waals surface area contributed by atoms with Crippen LogP contribution in [0.5, 0.6) is 0 Å². The number of nitrogens with zero attached hydrogens (tertiary/aromatic N) is 2. The molecule has 3 N–H and O–H groups in total. The molecule has 0 aliphatic carbocycles. The average Bonchev–Trinajstić information content (AvgIpc) is 2.56. The van der Waals surface area contributed by atoms with E-state index in [4.69, 9.17) is 0 Å². The van der Waals surface area contributed by atoms with Crippen LogP contribution in [0.4, 0.5) is 21.9 Å². The summed E-state index contributed by atoms with van der Waals surface area (Å²) in [6.07, 6.45) is 1.30. The van der Waals surface area contributed by atoms with Gasteiger partial charge in [0.05, 0.1) is 11.1 Å². The Morgan fingerprint density at radius 1 is 1.08 bits per heavy atom. The zero-order chi connectivity index (χ0) is 18.2. The first kappa shape index (κ1) is 17.6. The highest BCUT2D eigenvalue weighted by atomic mass is 16.6. The second kappa shape index (κ2) is 8.20. The summed E-state index contributed by atoms with van der Waals surface area (Å²) in [5, 5.41) is 19.6. The molecule has 25 heavy (non-hydrogen) atoms. The van der Waals surface area contributed by atoms with Gasteiger partial charge in [0.2, 0.25) is 5.91 Å². The molecule has 0 saturated heterocycles. The number of anilines is 2. The minimum Gasteiger partial charge on any atom is -0.326 e. The molecule has 3 amide bonds. The van der Waals surface area contributed by atoms with Crippen LogP contribution in [-0.4, -0.2) is 23.1 Å². The Morgan fingerprint density at radius 3 is 2.32 bits per heavy atom. The first-order valence-corrected chi connectivity index (χ1v) is 7.16. The molecule has 2 rings (SSSR count). The number of rotatable bonds is 5. The second-order valence-electron chi connectivity index (χ2n) is 4.93. The predicted octanol–water partition coefficient (Wildman–Crippen LogP) is 2.71. The lowest BCUT2D eigenvalue weighted by Gasteiger charge is -2.06. The van der Waals surface area contributed by atoms with Gasteiger partial charge in [0.1, 0.15) is 0 Å². The van der Waals surface area contributed by atoms with Crippen molar-refractivity contribution in [2.24, 2.45) is 5.10 Å². The number of hydrogen-bond acceptors (Lipinski definition) is 5. The number of nitro benzene ring substituents is 1. The molecule has 0 bridgehead atoms. The third-order valence-corrected chi connectivity index (χ3v) is 2.92. The number of nitrogens with one attached hydrogen (secondary N) is 3. The Morgan fingerprint density at radius 2 is 1.72 bits per heavy atom. The number of non-ortho nitro benzene ring substituents is 1. The Bertz CT molecular complexity index is 818. The Hall–Kier alpha value is -3.75. The highest BCUT2D eigenvalue weighted by molar-refractivity contribution is 5.92. The van der Waals surface area contributed by atoms with Gasteiger partial charge < -0.3 is 10.6 Å². The molecule has 0 radical (unpaired) electrons. The Balaban J connectivity index is 1.89. The first-order chi connectivity index (χ1) is 11.9. The van der Waals surface area contributed by atoms with Crippen LogP contribution in [0.3, 0.4) is 0 Å². The van der Waals surface area contributed by atoms with Gasteiger partial charge in [-0.1, -0.05) is 12.1 Å². The van der Waals surface area contributed by atoms with Crippen LogP contribution in [0.2, 0.25) is 0 Å². The third-order valence-electron chi connectivity index (χ3n) is 2.92. The van der Waals surface area contributed by atoms with Gasteiger partial charge in [-0.25, -0.2) is 10.2 Å². The Kier molecular flexibility index (Phi) is 5.77. The van der Waals surface area contributed by atoms with Crippen molar-refractivity contribution in [2.75, 3.05) is 10.6 Å². The van der Waals surface area contributed by atoms with Crippen LogP contribution in [0.25, 0.3) is 0 Å². The van der Waals surface area contributed by atoms with Crippen molar-refractivity contribution in [3.8, 4) is 0 Å². The molecule has 0 saturated carbocycles. The number of urea groups is 1. The van der Waals surface area contributed by atoms with Crippen LogP contribution >= 0.6 is 0 Å². The van der Waals surface area contributed by atoms with E-state index in [1.54, 1.807) is 30.3 Å². The van der Waals surface area contributed by atoms with Crippen molar-refractivity contribution in [1.82, 2.24) is 5.43 Å². The number of hydrazone groups is 1. The van der Waals surface area contributed by atoms with E-state index in [-0.39, 0.29) is 11.6 Å². The molecule has 0 aromatic heterocycles. The van der Waals surface area contributed by atoms with Crippen LogP contribution in [-0.2, 0) is 4.79 Å². The maximum Gasteiger partial charge on any atom is 0.339 e. The number of carbonyl (C=O) groups excluding carboxylic acids is 2. The maximum absolute atomic E-state index is 11.7. The molecule has 0 aliphatic rings. The monoisotopic (exact) mass is 341 g/mol. The van der Waals surface area contributed by atoms with E-state index in [2.05, 4.69) is 21.2 Å². The van der Waals surface area contributed by atoms with Gasteiger partial charge in [-0.15, -0.1) is 0 Å². The van der Waals surface area contributed by atoms with E-state index in [0.717, 1.165) is 0 Å². The first-order valence-electron chi connectivity index (χ1n) is 7.16. The number of amides is 3. The molecule has 9 nitrogen and oxygen atoms in total. The largest absolute Gasteiger partial charge is 0.339 e. The van der Waals surface area contributed by atoms with E-state index in [9.17, 15) is 19.7 Å². The summed E-state index contributed by atoms with van der Waals surface area (Å²) in [6.45, 7) is 1.40. The zero-order valence-corrected chi connectivity index (χ0v) is 13.2. The lowest BCUT2D eigenvalue weighted by molar-refractivity contribution is -0.384. The zero-order valence-electron chi connectivity index (χ0n) is 13.2. The van der Waals surface area contributed by atoms with Crippen LogP contribution in [0.15, 0.2) is 53.6 Å². The molecule has 2 aromatic carbocycles. The van der Waals surface area contributed by atoms with E-state index >= 15 is 0 Å². The highest BCUT2D eigenvalue weighted by Crippen LogP contribution is 2.13. The predicted molar refractivity (Wildman–Crippen MR) is 93.6 cm³/mol.